The van der Waals surface area contributed by atoms with E-state index in [0.29, 0.717) is 34.6 Å². The number of hydrogen-bond donors (Lipinski definition) is 2. The number of carbonyl (C=O) groups is 1. The van der Waals surface area contributed by atoms with Gasteiger partial charge in [0.05, 0.1) is 30.2 Å². The Morgan fingerprint density at radius 2 is 1.84 bits per heavy atom. The summed E-state index contributed by atoms with van der Waals surface area (Å²) in [4.78, 5) is 29.9. The predicted octanol–water partition coefficient (Wildman–Crippen LogP) is 3.03. The Morgan fingerprint density at radius 1 is 1.12 bits per heavy atom. The SMILES string of the molecule is COc1ccccc1-c1nc(NC(=O)Cc2nn(CC(C)C)c(=O)c3ccccc23)n[nH]1. The molecule has 0 saturated heterocycles. The summed E-state index contributed by atoms with van der Waals surface area (Å²) < 4.78 is 6.78. The topological polar surface area (TPSA) is 115 Å². The molecule has 32 heavy (non-hydrogen) atoms. The van der Waals surface area contributed by atoms with Gasteiger partial charge in [0.25, 0.3) is 5.56 Å². The van der Waals surface area contributed by atoms with E-state index in [2.05, 4.69) is 25.6 Å². The Kier molecular flexibility index (Phi) is 5.98. The van der Waals surface area contributed by atoms with Crippen LogP contribution < -0.4 is 15.6 Å². The van der Waals surface area contributed by atoms with Crippen molar-refractivity contribution in [1.82, 2.24) is 25.0 Å². The molecule has 2 heterocycles. The number of fused-ring (bicyclic) bond motifs is 1. The number of hydrogen-bond acceptors (Lipinski definition) is 6. The van der Waals surface area contributed by atoms with Gasteiger partial charge in [-0.2, -0.15) is 10.1 Å². The van der Waals surface area contributed by atoms with Gasteiger partial charge in [0.2, 0.25) is 11.9 Å². The zero-order valence-corrected chi connectivity index (χ0v) is 18.1. The van der Waals surface area contributed by atoms with E-state index >= 15 is 0 Å². The Bertz CT molecular complexity index is 1320. The first-order chi connectivity index (χ1) is 15.5. The zero-order chi connectivity index (χ0) is 22.7. The predicted molar refractivity (Wildman–Crippen MR) is 122 cm³/mol. The number of ether oxygens (including phenoxy) is 1. The molecular weight excluding hydrogens is 408 g/mol. The lowest BCUT2D eigenvalue weighted by atomic mass is 10.1. The molecule has 9 heteroatoms. The van der Waals surface area contributed by atoms with Crippen molar-refractivity contribution in [2.75, 3.05) is 12.4 Å². The van der Waals surface area contributed by atoms with Gasteiger partial charge in [-0.05, 0) is 24.1 Å². The molecule has 2 aromatic heterocycles. The Hall–Kier alpha value is -4.01. The van der Waals surface area contributed by atoms with Gasteiger partial charge in [-0.15, -0.1) is 5.10 Å². The standard InChI is InChI=1S/C23H24N6O3/c1-14(2)13-29-22(31)16-9-5-4-8-15(16)18(28-29)12-20(30)24-23-25-21(26-27-23)17-10-6-7-11-19(17)32-3/h4-11,14H,12-13H2,1-3H3,(H2,24,25,26,27,30). The fourth-order valence-electron chi connectivity index (χ4n) is 3.50. The number of aromatic amines is 1. The monoisotopic (exact) mass is 432 g/mol. The Labute approximate surface area is 184 Å². The van der Waals surface area contributed by atoms with E-state index in [0.717, 1.165) is 5.56 Å². The van der Waals surface area contributed by atoms with E-state index in [9.17, 15) is 9.59 Å². The number of nitrogens with one attached hydrogen (secondary N) is 2. The number of H-pyrrole nitrogens is 1. The second-order valence-corrected chi connectivity index (χ2v) is 7.81. The Balaban J connectivity index is 1.58. The molecule has 4 rings (SSSR count). The third kappa shape index (κ3) is 4.36. The van der Waals surface area contributed by atoms with Crippen molar-refractivity contribution < 1.29 is 9.53 Å². The van der Waals surface area contributed by atoms with E-state index in [1.807, 2.05) is 44.2 Å². The fourth-order valence-corrected chi connectivity index (χ4v) is 3.50. The Morgan fingerprint density at radius 3 is 2.59 bits per heavy atom. The maximum absolute atomic E-state index is 12.8. The van der Waals surface area contributed by atoms with Crippen molar-refractivity contribution in [3.05, 3.63) is 64.6 Å². The molecule has 0 spiro atoms. The molecule has 0 radical (unpaired) electrons. The normalized spacial score (nSPS) is 11.1. The van der Waals surface area contributed by atoms with Crippen molar-refractivity contribution in [3.8, 4) is 17.1 Å². The van der Waals surface area contributed by atoms with Gasteiger partial charge in [0.1, 0.15) is 5.75 Å². The van der Waals surface area contributed by atoms with Crippen LogP contribution in [0.1, 0.15) is 19.5 Å². The molecule has 0 unspecified atom stereocenters. The third-order valence-electron chi connectivity index (χ3n) is 4.91. The minimum Gasteiger partial charge on any atom is -0.496 e. The molecule has 1 amide bonds. The van der Waals surface area contributed by atoms with E-state index in [1.165, 1.54) is 4.68 Å². The smallest absolute Gasteiger partial charge is 0.274 e. The van der Waals surface area contributed by atoms with Crippen LogP contribution >= 0.6 is 0 Å². The average molecular weight is 432 g/mol. The molecule has 2 N–H and O–H groups in total. The summed E-state index contributed by atoms with van der Waals surface area (Å²) >= 11 is 0. The number of para-hydroxylation sites is 1. The third-order valence-corrected chi connectivity index (χ3v) is 4.91. The molecule has 0 aliphatic heterocycles. The molecule has 0 saturated carbocycles. The highest BCUT2D eigenvalue weighted by Gasteiger charge is 2.16. The number of nitrogens with zero attached hydrogens (tertiary/aromatic N) is 4. The molecule has 0 aliphatic carbocycles. The van der Waals surface area contributed by atoms with Gasteiger partial charge >= 0.3 is 0 Å². The number of amides is 1. The number of benzene rings is 2. The molecule has 0 aliphatic rings. The molecule has 0 atom stereocenters. The van der Waals surface area contributed by atoms with Crippen molar-refractivity contribution in [2.45, 2.75) is 26.8 Å². The van der Waals surface area contributed by atoms with Crippen LogP contribution in [-0.2, 0) is 17.8 Å². The molecule has 2 aromatic carbocycles. The lowest BCUT2D eigenvalue weighted by Gasteiger charge is -2.12. The molecule has 9 nitrogen and oxygen atoms in total. The van der Waals surface area contributed by atoms with Crippen LogP contribution in [0.15, 0.2) is 53.3 Å². The van der Waals surface area contributed by atoms with Gasteiger partial charge in [0, 0.05) is 11.9 Å². The maximum atomic E-state index is 12.8. The van der Waals surface area contributed by atoms with Crippen LogP contribution in [0.3, 0.4) is 0 Å². The summed E-state index contributed by atoms with van der Waals surface area (Å²) in [5.41, 5.74) is 1.10. The van der Waals surface area contributed by atoms with E-state index < -0.39 is 0 Å². The molecule has 0 bridgehead atoms. The van der Waals surface area contributed by atoms with Gasteiger partial charge in [-0.25, -0.2) is 4.68 Å². The average Bonchev–Trinajstić information content (AvgIpc) is 3.24. The van der Waals surface area contributed by atoms with Crippen molar-refractivity contribution in [3.63, 3.8) is 0 Å². The first kappa shape index (κ1) is 21.2. The second kappa shape index (κ2) is 9.01. The number of aromatic nitrogens is 5. The van der Waals surface area contributed by atoms with Crippen molar-refractivity contribution in [2.24, 2.45) is 5.92 Å². The van der Waals surface area contributed by atoms with E-state index in [4.69, 9.17) is 4.74 Å². The highest BCUT2D eigenvalue weighted by atomic mass is 16.5. The highest BCUT2D eigenvalue weighted by molar-refractivity contribution is 5.94. The van der Waals surface area contributed by atoms with Crippen molar-refractivity contribution in [1.29, 1.82) is 0 Å². The van der Waals surface area contributed by atoms with Gasteiger partial charge < -0.3 is 4.74 Å². The summed E-state index contributed by atoms with van der Waals surface area (Å²) in [7, 11) is 1.58. The van der Waals surface area contributed by atoms with E-state index in [-0.39, 0.29) is 29.8 Å². The minimum atomic E-state index is -0.331. The molecule has 164 valence electrons. The summed E-state index contributed by atoms with van der Waals surface area (Å²) in [5.74, 6) is 1.18. The molecule has 0 fully saturated rings. The van der Waals surface area contributed by atoms with Crippen LogP contribution in [0.4, 0.5) is 5.95 Å². The van der Waals surface area contributed by atoms with Crippen LogP contribution in [0, 0.1) is 5.92 Å². The number of methoxy groups -OCH3 is 1. The lowest BCUT2D eigenvalue weighted by molar-refractivity contribution is -0.115. The van der Waals surface area contributed by atoms with Crippen LogP contribution in [0.5, 0.6) is 5.75 Å². The van der Waals surface area contributed by atoms with Crippen molar-refractivity contribution >= 4 is 22.6 Å². The zero-order valence-electron chi connectivity index (χ0n) is 18.1. The molecule has 4 aromatic rings. The lowest BCUT2D eigenvalue weighted by Crippen LogP contribution is -2.28. The summed E-state index contributed by atoms with van der Waals surface area (Å²) in [5, 5.41) is 15.3. The van der Waals surface area contributed by atoms with E-state index in [1.54, 1.807) is 25.3 Å². The molecular formula is C23H24N6O3. The van der Waals surface area contributed by atoms with Gasteiger partial charge in [0.15, 0.2) is 5.82 Å². The van der Waals surface area contributed by atoms with Crippen LogP contribution in [0.25, 0.3) is 22.2 Å². The quantitative estimate of drug-likeness (QED) is 0.464. The van der Waals surface area contributed by atoms with Gasteiger partial charge in [-0.1, -0.05) is 44.2 Å². The summed E-state index contributed by atoms with van der Waals surface area (Å²) in [6, 6.07) is 14.6. The maximum Gasteiger partial charge on any atom is 0.274 e. The number of anilines is 1. The number of carbonyl (C=O) groups excluding carboxylic acids is 1. The first-order valence-corrected chi connectivity index (χ1v) is 10.3. The largest absolute Gasteiger partial charge is 0.496 e. The second-order valence-electron chi connectivity index (χ2n) is 7.81. The van der Waals surface area contributed by atoms with Crippen LogP contribution in [-0.4, -0.2) is 38.0 Å². The summed E-state index contributed by atoms with van der Waals surface area (Å²) in [6.07, 6.45) is -0.0164. The first-order valence-electron chi connectivity index (χ1n) is 10.3. The highest BCUT2D eigenvalue weighted by Crippen LogP contribution is 2.27. The van der Waals surface area contributed by atoms with Gasteiger partial charge in [-0.3, -0.25) is 20.0 Å². The fraction of sp³-hybridized carbons (Fsp3) is 0.261. The minimum absolute atomic E-state index is 0.0164. The summed E-state index contributed by atoms with van der Waals surface area (Å²) in [6.45, 7) is 4.50. The number of rotatable bonds is 7. The van der Waals surface area contributed by atoms with Crippen LogP contribution in [0.2, 0.25) is 0 Å².